The second kappa shape index (κ2) is 8.86. The van der Waals surface area contributed by atoms with Gasteiger partial charge >= 0.3 is 5.97 Å². The van der Waals surface area contributed by atoms with Gasteiger partial charge in [-0.15, -0.1) is 0 Å². The molecule has 3 atom stereocenters. The topological polar surface area (TPSA) is 66.8 Å². The number of carbonyl (C=O) groups is 2. The molecular formula is C27H28ClNO4. The Balaban J connectivity index is 1.54. The van der Waals surface area contributed by atoms with E-state index in [-0.39, 0.29) is 11.0 Å². The Morgan fingerprint density at radius 1 is 1.24 bits per heavy atom. The van der Waals surface area contributed by atoms with E-state index in [2.05, 4.69) is 17.0 Å². The molecule has 1 unspecified atom stereocenters. The Morgan fingerprint density at radius 3 is 2.88 bits per heavy atom. The van der Waals surface area contributed by atoms with Gasteiger partial charge in [-0.3, -0.25) is 4.79 Å². The first-order valence-electron chi connectivity index (χ1n) is 11.6. The summed E-state index contributed by atoms with van der Waals surface area (Å²) in [6, 6.07) is 11.3. The minimum Gasteiger partial charge on any atom is -0.490 e. The number of carboxylic acid groups (broad SMARTS) is 1. The zero-order valence-corrected chi connectivity index (χ0v) is 19.3. The molecule has 1 N–H and O–H groups in total. The number of carbonyl (C=O) groups excluding carboxylic acids is 1. The number of carboxylic acids is 1. The highest BCUT2D eigenvalue weighted by atomic mass is 35.5. The largest absolute Gasteiger partial charge is 0.490 e. The predicted molar refractivity (Wildman–Crippen MR) is 129 cm³/mol. The molecule has 6 heteroatoms. The zero-order valence-electron chi connectivity index (χ0n) is 18.5. The summed E-state index contributed by atoms with van der Waals surface area (Å²) in [5.74, 6) is 0.590. The minimum absolute atomic E-state index is 0.182. The van der Waals surface area contributed by atoms with Crippen molar-refractivity contribution in [3.8, 4) is 5.75 Å². The average Bonchev–Trinajstić information content (AvgIpc) is 2.94. The van der Waals surface area contributed by atoms with E-state index in [1.165, 1.54) is 11.1 Å². The van der Waals surface area contributed by atoms with Crippen LogP contribution in [-0.4, -0.2) is 37.1 Å². The zero-order chi connectivity index (χ0) is 23.0. The number of benzene rings is 2. The summed E-state index contributed by atoms with van der Waals surface area (Å²) in [5.41, 5.74) is 3.50. The summed E-state index contributed by atoms with van der Waals surface area (Å²) in [5, 5.41) is 10.4. The van der Waals surface area contributed by atoms with Crippen LogP contribution in [0.4, 0.5) is 5.69 Å². The lowest BCUT2D eigenvalue weighted by atomic mass is 9.69. The second-order valence-electron chi connectivity index (χ2n) is 9.61. The molecule has 172 valence electrons. The van der Waals surface area contributed by atoms with Gasteiger partial charge in [0, 0.05) is 23.5 Å². The quantitative estimate of drug-likeness (QED) is 0.480. The van der Waals surface area contributed by atoms with Crippen molar-refractivity contribution in [1.82, 2.24) is 0 Å². The van der Waals surface area contributed by atoms with Gasteiger partial charge in [-0.25, -0.2) is 4.79 Å². The first-order valence-corrected chi connectivity index (χ1v) is 12.0. The number of ether oxygens (including phenoxy) is 1. The third kappa shape index (κ3) is 4.15. The maximum absolute atomic E-state index is 11.7. The van der Waals surface area contributed by atoms with Crippen LogP contribution in [0.1, 0.15) is 47.2 Å². The van der Waals surface area contributed by atoms with E-state index in [4.69, 9.17) is 16.3 Å². The summed E-state index contributed by atoms with van der Waals surface area (Å²) in [6.07, 6.45) is 9.70. The number of rotatable bonds is 5. The predicted octanol–water partition coefficient (Wildman–Crippen LogP) is 5.29. The van der Waals surface area contributed by atoms with Crippen molar-refractivity contribution in [3.63, 3.8) is 0 Å². The van der Waals surface area contributed by atoms with Gasteiger partial charge in [0.05, 0.1) is 17.9 Å². The number of allylic oxidation sites excluding steroid dienone is 2. The van der Waals surface area contributed by atoms with Crippen LogP contribution in [0.3, 0.4) is 0 Å². The standard InChI is InChI=1S/C27H28ClNO4/c28-22-8-9-23-19(13-22)3-1-11-27(23)16-29(15-21-6-5-18(21)4-2-12-30)24-14-20(26(31)32)7-10-25(24)33-17-27/h2,4,7-10,12-14,18,21H,1,3,5-6,11,15-17H2,(H,31,32)/b4-2-/t18-,21+,27?/m1/s1. The molecule has 2 aromatic rings. The molecule has 5 nitrogen and oxygen atoms in total. The number of hydrogen-bond acceptors (Lipinski definition) is 4. The molecule has 3 aliphatic rings. The van der Waals surface area contributed by atoms with Crippen molar-refractivity contribution in [3.05, 3.63) is 70.3 Å². The molecule has 0 amide bonds. The summed E-state index contributed by atoms with van der Waals surface area (Å²) in [7, 11) is 0. The van der Waals surface area contributed by atoms with Crippen LogP contribution in [0.2, 0.25) is 5.02 Å². The number of hydrogen-bond donors (Lipinski definition) is 1. The van der Waals surface area contributed by atoms with E-state index in [0.717, 1.165) is 67.9 Å². The first kappa shape index (κ1) is 22.0. The molecule has 33 heavy (non-hydrogen) atoms. The van der Waals surface area contributed by atoms with Crippen molar-refractivity contribution in [2.45, 2.75) is 37.5 Å². The molecule has 5 rings (SSSR count). The lowest BCUT2D eigenvalue weighted by Gasteiger charge is -2.44. The fraction of sp³-hybridized carbons (Fsp3) is 0.407. The summed E-state index contributed by atoms with van der Waals surface area (Å²) < 4.78 is 6.39. The molecule has 1 heterocycles. The lowest BCUT2D eigenvalue weighted by Crippen LogP contribution is -2.48. The Morgan fingerprint density at radius 2 is 2.12 bits per heavy atom. The number of aldehydes is 1. The van der Waals surface area contributed by atoms with E-state index in [1.807, 2.05) is 12.1 Å². The third-order valence-corrected chi connectivity index (χ3v) is 7.89. The van der Waals surface area contributed by atoms with Crippen molar-refractivity contribution in [2.24, 2.45) is 11.8 Å². The molecule has 0 saturated heterocycles. The van der Waals surface area contributed by atoms with E-state index in [0.29, 0.717) is 18.4 Å². The monoisotopic (exact) mass is 465 g/mol. The highest BCUT2D eigenvalue weighted by Crippen LogP contribution is 2.46. The molecule has 1 saturated carbocycles. The molecular weight excluding hydrogens is 438 g/mol. The normalized spacial score (nSPS) is 26.2. The van der Waals surface area contributed by atoms with Gasteiger partial charge in [0.2, 0.25) is 0 Å². The van der Waals surface area contributed by atoms with Crippen LogP contribution in [-0.2, 0) is 16.6 Å². The Hall–Kier alpha value is -2.79. The molecule has 1 spiro atoms. The second-order valence-corrected chi connectivity index (χ2v) is 10.1. The van der Waals surface area contributed by atoms with Crippen LogP contribution < -0.4 is 9.64 Å². The van der Waals surface area contributed by atoms with Gasteiger partial charge in [-0.05, 0) is 91.5 Å². The van der Waals surface area contributed by atoms with E-state index in [1.54, 1.807) is 24.3 Å². The minimum atomic E-state index is -0.940. The van der Waals surface area contributed by atoms with Crippen LogP contribution in [0.25, 0.3) is 0 Å². The first-order chi connectivity index (χ1) is 16.0. The van der Waals surface area contributed by atoms with Crippen LogP contribution in [0, 0.1) is 11.8 Å². The maximum Gasteiger partial charge on any atom is 0.335 e. The van der Waals surface area contributed by atoms with Gasteiger partial charge in [-0.2, -0.15) is 0 Å². The van der Waals surface area contributed by atoms with Gasteiger partial charge in [0.15, 0.2) is 0 Å². The molecule has 1 fully saturated rings. The Kier molecular flexibility index (Phi) is 5.92. The number of nitrogens with zero attached hydrogens (tertiary/aromatic N) is 1. The van der Waals surface area contributed by atoms with Crippen LogP contribution in [0.5, 0.6) is 5.75 Å². The number of anilines is 1. The van der Waals surface area contributed by atoms with E-state index >= 15 is 0 Å². The summed E-state index contributed by atoms with van der Waals surface area (Å²) in [6.45, 7) is 2.12. The van der Waals surface area contributed by atoms with Gasteiger partial charge in [0.1, 0.15) is 12.0 Å². The number of aromatic carboxylic acids is 1. The summed E-state index contributed by atoms with van der Waals surface area (Å²) >= 11 is 6.31. The molecule has 1 aliphatic heterocycles. The fourth-order valence-electron chi connectivity index (χ4n) is 5.79. The average molecular weight is 466 g/mol. The Labute approximate surface area is 199 Å². The van der Waals surface area contributed by atoms with Gasteiger partial charge in [-0.1, -0.05) is 23.7 Å². The van der Waals surface area contributed by atoms with Crippen LogP contribution >= 0.6 is 11.6 Å². The third-order valence-electron chi connectivity index (χ3n) is 7.65. The molecule has 0 bridgehead atoms. The maximum atomic E-state index is 11.7. The number of halogens is 1. The van der Waals surface area contributed by atoms with Crippen molar-refractivity contribution in [1.29, 1.82) is 0 Å². The smallest absolute Gasteiger partial charge is 0.335 e. The van der Waals surface area contributed by atoms with Crippen LogP contribution in [0.15, 0.2) is 48.6 Å². The van der Waals surface area contributed by atoms with Crippen molar-refractivity contribution in [2.75, 3.05) is 24.6 Å². The van der Waals surface area contributed by atoms with Gasteiger partial charge in [0.25, 0.3) is 0 Å². The SMILES string of the molecule is O=C/C=C\[C@@H]1CC[C@H]1CN1CC2(CCCc3cc(Cl)ccc32)COc2ccc(C(=O)O)cc21. The lowest BCUT2D eigenvalue weighted by molar-refractivity contribution is -0.104. The molecule has 2 aliphatic carbocycles. The Bertz CT molecular complexity index is 1110. The van der Waals surface area contributed by atoms with Crippen molar-refractivity contribution >= 4 is 29.5 Å². The highest BCUT2D eigenvalue weighted by Gasteiger charge is 2.43. The van der Waals surface area contributed by atoms with Crippen molar-refractivity contribution < 1.29 is 19.4 Å². The van der Waals surface area contributed by atoms with Gasteiger partial charge < -0.3 is 14.7 Å². The number of aryl methyl sites for hydroxylation is 1. The van der Waals surface area contributed by atoms with E-state index < -0.39 is 5.97 Å². The fourth-order valence-corrected chi connectivity index (χ4v) is 5.99. The highest BCUT2D eigenvalue weighted by molar-refractivity contribution is 6.30. The van der Waals surface area contributed by atoms with E-state index in [9.17, 15) is 14.7 Å². The molecule has 0 aromatic heterocycles. The summed E-state index contributed by atoms with van der Waals surface area (Å²) in [4.78, 5) is 24.9. The molecule has 2 aromatic carbocycles. The molecule has 0 radical (unpaired) electrons. The number of fused-ring (bicyclic) bond motifs is 3.